The van der Waals surface area contributed by atoms with Gasteiger partial charge in [0, 0.05) is 6.54 Å². The normalized spacial score (nSPS) is 11.6. The van der Waals surface area contributed by atoms with Crippen molar-refractivity contribution < 1.29 is 22.6 Å². The van der Waals surface area contributed by atoms with Gasteiger partial charge >= 0.3 is 5.69 Å². The lowest BCUT2D eigenvalue weighted by molar-refractivity contribution is 0.341. The summed E-state index contributed by atoms with van der Waals surface area (Å²) >= 11 is 0. The van der Waals surface area contributed by atoms with E-state index in [-0.39, 0.29) is 17.3 Å². The van der Waals surface area contributed by atoms with Gasteiger partial charge in [-0.1, -0.05) is 19.4 Å². The lowest BCUT2D eigenvalue weighted by Crippen LogP contribution is -2.26. The number of nitrogens with one attached hydrogen (secondary N) is 2. The van der Waals surface area contributed by atoms with Crippen molar-refractivity contribution in [2.45, 2.75) is 44.9 Å². The van der Waals surface area contributed by atoms with Crippen molar-refractivity contribution in [3.05, 3.63) is 64.0 Å². The lowest BCUT2D eigenvalue weighted by Gasteiger charge is -2.13. The first-order valence-electron chi connectivity index (χ1n) is 12.7. The summed E-state index contributed by atoms with van der Waals surface area (Å²) in [4.78, 5) is 24.9. The molecule has 12 heteroatoms. The van der Waals surface area contributed by atoms with E-state index in [4.69, 9.17) is 14.2 Å². The maximum Gasteiger partial charge on any atom is 0.334 e. The molecule has 4 rings (SSSR count). The van der Waals surface area contributed by atoms with Crippen LogP contribution in [0.5, 0.6) is 17.2 Å². The summed E-state index contributed by atoms with van der Waals surface area (Å²) < 4.78 is 46.8. The maximum atomic E-state index is 13.2. The molecular weight excluding hydrogens is 522 g/mol. The quantitative estimate of drug-likeness (QED) is 0.272. The molecule has 2 aromatic carbocycles. The number of sulfonamides is 1. The number of aryl methyl sites for hydroxylation is 2. The molecule has 0 unspecified atom stereocenters. The molecule has 0 radical (unpaired) electrons. The first-order valence-corrected chi connectivity index (χ1v) is 14.2. The molecule has 0 saturated carbocycles. The van der Waals surface area contributed by atoms with Gasteiger partial charge in [-0.05, 0) is 62.6 Å². The molecule has 0 atom stereocenters. The molecule has 39 heavy (non-hydrogen) atoms. The number of aromatic nitrogens is 4. The van der Waals surface area contributed by atoms with Crippen LogP contribution in [0.25, 0.3) is 17.0 Å². The molecule has 0 fully saturated rings. The molecule has 11 nitrogen and oxygen atoms in total. The molecule has 0 aliphatic carbocycles. The molecular formula is C27H33N5O6S. The minimum absolute atomic E-state index is 0.0225. The summed E-state index contributed by atoms with van der Waals surface area (Å²) in [5, 5.41) is 0. The highest BCUT2D eigenvalue weighted by atomic mass is 32.2. The van der Waals surface area contributed by atoms with Crippen LogP contribution in [0, 0.1) is 6.92 Å². The lowest BCUT2D eigenvalue weighted by atomic mass is 10.1. The smallest absolute Gasteiger partial charge is 0.334 e. The fourth-order valence-electron chi connectivity index (χ4n) is 4.35. The zero-order valence-electron chi connectivity index (χ0n) is 22.7. The van der Waals surface area contributed by atoms with Crippen molar-refractivity contribution in [1.29, 1.82) is 0 Å². The number of H-pyrrole nitrogens is 1. The molecule has 0 spiro atoms. The molecule has 4 aromatic rings. The second kappa shape index (κ2) is 11.9. The highest BCUT2D eigenvalue weighted by Crippen LogP contribution is 2.31. The summed E-state index contributed by atoms with van der Waals surface area (Å²) in [6.45, 7) is 6.10. The second-order valence-electron chi connectivity index (χ2n) is 8.83. The van der Waals surface area contributed by atoms with Gasteiger partial charge in [0.15, 0.2) is 17.1 Å². The van der Waals surface area contributed by atoms with Gasteiger partial charge in [0.1, 0.15) is 17.4 Å². The van der Waals surface area contributed by atoms with Crippen LogP contribution in [-0.2, 0) is 22.9 Å². The van der Waals surface area contributed by atoms with Crippen LogP contribution in [0.1, 0.15) is 37.4 Å². The molecule has 0 bridgehead atoms. The van der Waals surface area contributed by atoms with Crippen molar-refractivity contribution in [3.63, 3.8) is 0 Å². The number of benzene rings is 2. The van der Waals surface area contributed by atoms with Crippen molar-refractivity contribution in [2.24, 2.45) is 0 Å². The SMILES string of the molecule is CCCc1nc(C)n2c(=O)[nH]c(-c3cc(S(=O)(=O)NCCc4ccc(OC)c(OC)c4)ccc3OCC)nc12. The zero-order valence-corrected chi connectivity index (χ0v) is 23.5. The number of hydrogen-bond donors (Lipinski definition) is 2. The number of nitrogens with zero attached hydrogens (tertiary/aromatic N) is 3. The summed E-state index contributed by atoms with van der Waals surface area (Å²) in [5.41, 5.74) is 1.99. The number of ether oxygens (including phenoxy) is 3. The first kappa shape index (κ1) is 28.1. The zero-order chi connectivity index (χ0) is 28.2. The van der Waals surface area contributed by atoms with Crippen LogP contribution in [-0.4, -0.2) is 55.1 Å². The van der Waals surface area contributed by atoms with E-state index in [0.717, 1.165) is 12.0 Å². The van der Waals surface area contributed by atoms with Gasteiger partial charge in [-0.2, -0.15) is 0 Å². The van der Waals surface area contributed by atoms with Crippen LogP contribution in [0.3, 0.4) is 0 Å². The van der Waals surface area contributed by atoms with Crippen LogP contribution in [0.15, 0.2) is 46.1 Å². The standard InChI is InChI=1S/C27H33N5O6S/c1-6-8-21-26-30-25(31-27(33)32(26)17(3)29-21)20-16-19(10-12-22(20)38-7-2)39(34,35)28-14-13-18-9-11-23(36-4)24(15-18)37-5/h9-12,15-16,28H,6-8,13-14H2,1-5H3,(H,30,31,33). The first-order chi connectivity index (χ1) is 18.7. The summed E-state index contributed by atoms with van der Waals surface area (Å²) in [7, 11) is -0.781. The van der Waals surface area contributed by atoms with Gasteiger partial charge in [-0.3, -0.25) is 4.98 Å². The molecule has 2 aromatic heterocycles. The van der Waals surface area contributed by atoms with E-state index in [1.807, 2.05) is 26.0 Å². The second-order valence-corrected chi connectivity index (χ2v) is 10.6. The largest absolute Gasteiger partial charge is 0.493 e. The van der Waals surface area contributed by atoms with Gasteiger partial charge in [-0.25, -0.2) is 32.3 Å². The fraction of sp³-hybridized carbons (Fsp3) is 0.370. The summed E-state index contributed by atoms with van der Waals surface area (Å²) in [6.07, 6.45) is 1.93. The van der Waals surface area contributed by atoms with E-state index in [9.17, 15) is 13.2 Å². The number of imidazole rings is 1. The predicted octanol–water partition coefficient (Wildman–Crippen LogP) is 3.28. The van der Waals surface area contributed by atoms with E-state index in [0.29, 0.717) is 59.4 Å². The van der Waals surface area contributed by atoms with Gasteiger partial charge in [0.25, 0.3) is 0 Å². The van der Waals surface area contributed by atoms with Crippen molar-refractivity contribution >= 4 is 15.7 Å². The Bertz CT molecular complexity index is 1640. The van der Waals surface area contributed by atoms with Crippen LogP contribution in [0.2, 0.25) is 0 Å². The number of fused-ring (bicyclic) bond motifs is 1. The van der Waals surface area contributed by atoms with Gasteiger partial charge in [-0.15, -0.1) is 0 Å². The molecule has 2 heterocycles. The van der Waals surface area contributed by atoms with Crippen LogP contribution < -0.4 is 24.6 Å². The van der Waals surface area contributed by atoms with E-state index in [1.54, 1.807) is 33.3 Å². The molecule has 0 aliphatic rings. The highest BCUT2D eigenvalue weighted by Gasteiger charge is 2.21. The molecule has 0 saturated heterocycles. The monoisotopic (exact) mass is 555 g/mol. The predicted molar refractivity (Wildman–Crippen MR) is 147 cm³/mol. The Balaban J connectivity index is 1.65. The topological polar surface area (TPSA) is 137 Å². The Morgan fingerprint density at radius 3 is 2.41 bits per heavy atom. The number of aromatic amines is 1. The van der Waals surface area contributed by atoms with Gasteiger partial charge in [0.2, 0.25) is 10.0 Å². The summed E-state index contributed by atoms with van der Waals surface area (Å²) in [6, 6.07) is 9.94. The fourth-order valence-corrected chi connectivity index (χ4v) is 5.41. The van der Waals surface area contributed by atoms with Crippen molar-refractivity contribution in [1.82, 2.24) is 24.1 Å². The average molecular weight is 556 g/mol. The third-order valence-corrected chi connectivity index (χ3v) is 7.65. The third kappa shape index (κ3) is 5.91. The number of hydrogen-bond acceptors (Lipinski definition) is 8. The number of rotatable bonds is 12. The minimum atomic E-state index is -3.89. The van der Waals surface area contributed by atoms with E-state index < -0.39 is 15.7 Å². The van der Waals surface area contributed by atoms with Crippen LogP contribution in [0.4, 0.5) is 0 Å². The summed E-state index contributed by atoms with van der Waals surface area (Å²) in [5.74, 6) is 2.32. The van der Waals surface area contributed by atoms with E-state index in [1.165, 1.54) is 16.5 Å². The van der Waals surface area contributed by atoms with E-state index >= 15 is 0 Å². The van der Waals surface area contributed by atoms with Crippen LogP contribution >= 0.6 is 0 Å². The Labute approximate surface area is 227 Å². The Hall–Kier alpha value is -3.90. The maximum absolute atomic E-state index is 13.2. The van der Waals surface area contributed by atoms with Crippen molar-refractivity contribution in [2.75, 3.05) is 27.4 Å². The Kier molecular flexibility index (Phi) is 8.56. The van der Waals surface area contributed by atoms with Gasteiger partial charge in [0.05, 0.1) is 37.0 Å². The Morgan fingerprint density at radius 2 is 1.72 bits per heavy atom. The Morgan fingerprint density at radius 1 is 0.974 bits per heavy atom. The molecule has 0 aliphatic heterocycles. The minimum Gasteiger partial charge on any atom is -0.493 e. The molecule has 0 amide bonds. The average Bonchev–Trinajstić information content (AvgIpc) is 3.24. The van der Waals surface area contributed by atoms with E-state index in [2.05, 4.69) is 19.7 Å². The highest BCUT2D eigenvalue weighted by molar-refractivity contribution is 7.89. The number of methoxy groups -OCH3 is 2. The molecule has 2 N–H and O–H groups in total. The third-order valence-electron chi connectivity index (χ3n) is 6.19. The molecule has 208 valence electrons. The van der Waals surface area contributed by atoms with Gasteiger partial charge < -0.3 is 14.2 Å². The van der Waals surface area contributed by atoms with Crippen molar-refractivity contribution in [3.8, 4) is 28.6 Å².